The number of esters is 2. The topological polar surface area (TPSA) is 136 Å². The van der Waals surface area contributed by atoms with Crippen LogP contribution in [-0.4, -0.2) is 77.4 Å². The maximum atomic E-state index is 13.6. The molecule has 1 aromatic rings. The van der Waals surface area contributed by atoms with Gasteiger partial charge in [0.15, 0.2) is 0 Å². The van der Waals surface area contributed by atoms with Gasteiger partial charge < -0.3 is 19.3 Å². The van der Waals surface area contributed by atoms with Crippen molar-refractivity contribution in [1.29, 1.82) is 0 Å². The quantitative estimate of drug-likeness (QED) is 0.111. The molecular weight excluding hydrogens is 518 g/mol. The van der Waals surface area contributed by atoms with Gasteiger partial charge in [-0.15, -0.1) is 13.2 Å². The number of ether oxygens (including phenoxy) is 2. The first kappa shape index (κ1) is 30.5. The molecule has 216 valence electrons. The van der Waals surface area contributed by atoms with Gasteiger partial charge in [0.25, 0.3) is 5.69 Å². The van der Waals surface area contributed by atoms with Gasteiger partial charge in [0.05, 0.1) is 29.1 Å². The number of amides is 2. The van der Waals surface area contributed by atoms with E-state index in [1.54, 1.807) is 24.9 Å². The van der Waals surface area contributed by atoms with Crippen LogP contribution in [0.25, 0.3) is 0 Å². The highest BCUT2D eigenvalue weighted by atomic mass is 16.6. The lowest BCUT2D eigenvalue weighted by atomic mass is 9.97. The minimum atomic E-state index is -1.01. The fourth-order valence-corrected chi connectivity index (χ4v) is 5.13. The molecular formula is C29H37N3O8. The third kappa shape index (κ3) is 6.94. The summed E-state index contributed by atoms with van der Waals surface area (Å²) in [5, 5.41) is 10.9. The van der Waals surface area contributed by atoms with Crippen molar-refractivity contribution >= 4 is 29.4 Å². The van der Waals surface area contributed by atoms with E-state index in [0.717, 1.165) is 19.3 Å². The van der Waals surface area contributed by atoms with Crippen LogP contribution in [0.5, 0.6) is 0 Å². The number of rotatable bonds is 14. The fourth-order valence-electron chi connectivity index (χ4n) is 5.13. The van der Waals surface area contributed by atoms with Crippen LogP contribution >= 0.6 is 0 Å². The Morgan fingerprint density at radius 1 is 1.20 bits per heavy atom. The van der Waals surface area contributed by atoms with Crippen LogP contribution in [0, 0.1) is 21.4 Å². The van der Waals surface area contributed by atoms with Gasteiger partial charge in [-0.2, -0.15) is 0 Å². The Hall–Kier alpha value is -4.02. The molecule has 1 saturated carbocycles. The van der Waals surface area contributed by atoms with Crippen LogP contribution in [0.1, 0.15) is 55.8 Å². The SMILES string of the molecule is C=CCCCCN(C)C(=O)[C@@H]1C[C@@H](OC(=O)c2ccc([N+](=O)[O-])cc2)CN1C(=O)C[C@]1(C(=O)OCC)C[C@H]1C=C. The average molecular weight is 556 g/mol. The number of unbranched alkanes of at least 4 members (excludes halogenated alkanes) is 2. The van der Waals surface area contributed by atoms with Gasteiger partial charge in [-0.3, -0.25) is 24.5 Å². The summed E-state index contributed by atoms with van der Waals surface area (Å²) in [4.78, 5) is 65.9. The number of nitro benzene ring substituents is 1. The minimum absolute atomic E-state index is 0.0179. The van der Waals surface area contributed by atoms with Crippen molar-refractivity contribution in [2.24, 2.45) is 11.3 Å². The number of non-ortho nitro benzene ring substituents is 1. The molecule has 1 aromatic carbocycles. The fraction of sp³-hybridized carbons (Fsp3) is 0.517. The zero-order chi connectivity index (χ0) is 29.4. The van der Waals surface area contributed by atoms with Crippen LogP contribution in [0.15, 0.2) is 49.6 Å². The summed E-state index contributed by atoms with van der Waals surface area (Å²) in [7, 11) is 1.67. The van der Waals surface area contributed by atoms with Crippen LogP contribution in [-0.2, 0) is 23.9 Å². The van der Waals surface area contributed by atoms with E-state index in [4.69, 9.17) is 9.47 Å². The largest absolute Gasteiger partial charge is 0.466 e. The predicted molar refractivity (Wildman–Crippen MR) is 146 cm³/mol. The second-order valence-electron chi connectivity index (χ2n) is 10.3. The second-order valence-corrected chi connectivity index (χ2v) is 10.3. The summed E-state index contributed by atoms with van der Waals surface area (Å²) in [6, 6.07) is 4.13. The number of nitro groups is 1. The standard InChI is InChI=1S/C29H37N3O8/c1-5-8-9-10-15-30(4)26(34)24-16-23(40-27(35)20-11-13-22(14-12-20)32(37)38)19-31(24)25(33)18-29(17-21(29)6-2)28(36)39-7-3/h5-6,11-14,21,23-24H,1-2,7-10,15-19H2,3-4H3/t21-,23-,24+,29-/m1/s1. The molecule has 3 rings (SSSR count). The number of benzene rings is 1. The number of hydrogen-bond donors (Lipinski definition) is 0. The summed E-state index contributed by atoms with van der Waals surface area (Å²) >= 11 is 0. The maximum absolute atomic E-state index is 13.6. The normalized spacial score (nSPS) is 23.1. The molecule has 0 radical (unpaired) electrons. The first-order chi connectivity index (χ1) is 19.1. The zero-order valence-corrected chi connectivity index (χ0v) is 23.1. The van der Waals surface area contributed by atoms with Gasteiger partial charge in [0.2, 0.25) is 11.8 Å². The Kier molecular flexibility index (Phi) is 10.2. The highest BCUT2D eigenvalue weighted by Gasteiger charge is 2.61. The zero-order valence-electron chi connectivity index (χ0n) is 23.1. The molecule has 11 nitrogen and oxygen atoms in total. The number of likely N-dealkylation sites (N-methyl/N-ethyl adjacent to an activating group) is 1. The molecule has 1 saturated heterocycles. The van der Waals surface area contributed by atoms with Crippen LogP contribution in [0.2, 0.25) is 0 Å². The monoisotopic (exact) mass is 555 g/mol. The van der Waals surface area contributed by atoms with Crippen molar-refractivity contribution in [2.45, 2.75) is 57.6 Å². The lowest BCUT2D eigenvalue weighted by Crippen LogP contribution is -2.47. The second kappa shape index (κ2) is 13.4. The van der Waals surface area contributed by atoms with E-state index in [-0.39, 0.29) is 49.1 Å². The lowest BCUT2D eigenvalue weighted by molar-refractivity contribution is -0.384. The number of hydrogen-bond acceptors (Lipinski definition) is 8. The molecule has 40 heavy (non-hydrogen) atoms. The lowest BCUT2D eigenvalue weighted by Gasteiger charge is -2.29. The van der Waals surface area contributed by atoms with Crippen molar-refractivity contribution in [3.8, 4) is 0 Å². The Balaban J connectivity index is 1.76. The molecule has 1 aliphatic carbocycles. The molecule has 0 unspecified atom stereocenters. The molecule has 2 aliphatic rings. The van der Waals surface area contributed by atoms with E-state index in [0.29, 0.717) is 13.0 Å². The van der Waals surface area contributed by atoms with Gasteiger partial charge in [0, 0.05) is 38.6 Å². The van der Waals surface area contributed by atoms with Gasteiger partial charge in [-0.1, -0.05) is 12.2 Å². The minimum Gasteiger partial charge on any atom is -0.466 e. The van der Waals surface area contributed by atoms with Gasteiger partial charge in [-0.05, 0) is 50.7 Å². The van der Waals surface area contributed by atoms with E-state index in [9.17, 15) is 29.3 Å². The molecule has 4 atom stereocenters. The van der Waals surface area contributed by atoms with Crippen molar-refractivity contribution in [3.63, 3.8) is 0 Å². The average Bonchev–Trinajstić information content (AvgIpc) is 3.50. The molecule has 11 heteroatoms. The summed E-state index contributed by atoms with van der Waals surface area (Å²) in [5.41, 5.74) is -1.05. The van der Waals surface area contributed by atoms with Crippen LogP contribution in [0.4, 0.5) is 5.69 Å². The Morgan fingerprint density at radius 3 is 2.48 bits per heavy atom. The van der Waals surface area contributed by atoms with Crippen molar-refractivity contribution in [2.75, 3.05) is 26.7 Å². The number of allylic oxidation sites excluding steroid dienone is 2. The van der Waals surface area contributed by atoms with Gasteiger partial charge in [-0.25, -0.2) is 4.79 Å². The Labute approximate surface area is 233 Å². The maximum Gasteiger partial charge on any atom is 0.338 e. The number of carbonyl (C=O) groups excluding carboxylic acids is 4. The molecule has 2 fully saturated rings. The van der Waals surface area contributed by atoms with Crippen LogP contribution in [0.3, 0.4) is 0 Å². The molecule has 1 aliphatic heterocycles. The van der Waals surface area contributed by atoms with E-state index < -0.39 is 40.3 Å². The third-order valence-corrected chi connectivity index (χ3v) is 7.55. The van der Waals surface area contributed by atoms with E-state index >= 15 is 0 Å². The van der Waals surface area contributed by atoms with E-state index in [2.05, 4.69) is 13.2 Å². The van der Waals surface area contributed by atoms with Crippen molar-refractivity contribution < 1.29 is 33.6 Å². The molecule has 0 spiro atoms. The van der Waals surface area contributed by atoms with Gasteiger partial charge in [0.1, 0.15) is 12.1 Å². The molecule has 2 amide bonds. The highest BCUT2D eigenvalue weighted by Crippen LogP contribution is 2.57. The number of likely N-dealkylation sites (tertiary alicyclic amines) is 1. The highest BCUT2D eigenvalue weighted by molar-refractivity contribution is 5.93. The van der Waals surface area contributed by atoms with Crippen LogP contribution < -0.4 is 0 Å². The van der Waals surface area contributed by atoms with Crippen molar-refractivity contribution in [1.82, 2.24) is 9.80 Å². The molecule has 0 bridgehead atoms. The molecule has 0 aromatic heterocycles. The number of carbonyl (C=O) groups is 4. The summed E-state index contributed by atoms with van der Waals surface area (Å²) < 4.78 is 10.9. The molecule has 0 N–H and O–H groups in total. The molecule has 1 heterocycles. The third-order valence-electron chi connectivity index (χ3n) is 7.55. The Bertz CT molecular complexity index is 1150. The summed E-state index contributed by atoms with van der Waals surface area (Å²) in [5.74, 6) is -2.05. The Morgan fingerprint density at radius 2 is 1.90 bits per heavy atom. The first-order valence-corrected chi connectivity index (χ1v) is 13.5. The number of nitrogens with zero attached hydrogens (tertiary/aromatic N) is 3. The smallest absolute Gasteiger partial charge is 0.338 e. The predicted octanol–water partition coefficient (Wildman–Crippen LogP) is 3.68. The summed E-state index contributed by atoms with van der Waals surface area (Å²) in [6.45, 7) is 9.82. The first-order valence-electron chi connectivity index (χ1n) is 13.5. The van der Waals surface area contributed by atoms with E-state index in [1.165, 1.54) is 29.2 Å². The van der Waals surface area contributed by atoms with Gasteiger partial charge >= 0.3 is 11.9 Å². The summed E-state index contributed by atoms with van der Waals surface area (Å²) in [6.07, 6.45) is 5.54. The van der Waals surface area contributed by atoms with E-state index in [1.807, 2.05) is 6.08 Å². The van der Waals surface area contributed by atoms with Crippen molar-refractivity contribution in [3.05, 3.63) is 65.3 Å².